The zero-order valence-corrected chi connectivity index (χ0v) is 12.2. The second-order valence-corrected chi connectivity index (χ2v) is 5.38. The molecule has 0 N–H and O–H groups in total. The predicted octanol–water partition coefficient (Wildman–Crippen LogP) is 1.79. The maximum Gasteiger partial charge on any atom is 0.242 e. The van der Waals surface area contributed by atoms with Crippen molar-refractivity contribution < 1.29 is 9.59 Å². The Morgan fingerprint density at radius 3 is 2.67 bits per heavy atom. The molecule has 5 heteroatoms. The first kappa shape index (κ1) is 13.8. The number of para-hydroxylation sites is 2. The van der Waals surface area contributed by atoms with Gasteiger partial charge in [-0.05, 0) is 12.1 Å². The highest BCUT2D eigenvalue weighted by Gasteiger charge is 2.22. The second kappa shape index (κ2) is 5.68. The molecule has 2 heterocycles. The molecule has 0 radical (unpaired) electrons. The first-order valence-corrected chi connectivity index (χ1v) is 7.42. The number of Topliss-reactive ketones (excluding diaryl/α,β-unsaturated/α-hetero) is 1. The third kappa shape index (κ3) is 2.68. The highest BCUT2D eigenvalue weighted by atomic mass is 16.2. The van der Waals surface area contributed by atoms with Crippen molar-refractivity contribution in [2.75, 3.05) is 13.1 Å². The number of hydrogen-bond acceptors (Lipinski definition) is 3. The highest BCUT2D eigenvalue weighted by Crippen LogP contribution is 2.17. The fourth-order valence-corrected chi connectivity index (χ4v) is 2.81. The van der Waals surface area contributed by atoms with E-state index in [0.717, 1.165) is 23.3 Å². The molecule has 1 aromatic heterocycles. The van der Waals surface area contributed by atoms with Crippen LogP contribution >= 0.6 is 0 Å². The summed E-state index contributed by atoms with van der Waals surface area (Å²) in [5, 5.41) is 0. The zero-order valence-electron chi connectivity index (χ0n) is 12.2. The van der Waals surface area contributed by atoms with E-state index in [9.17, 15) is 9.59 Å². The predicted molar refractivity (Wildman–Crippen MR) is 79.9 cm³/mol. The Morgan fingerprint density at radius 2 is 1.95 bits per heavy atom. The van der Waals surface area contributed by atoms with E-state index in [0.29, 0.717) is 32.5 Å². The first-order chi connectivity index (χ1) is 10.2. The largest absolute Gasteiger partial charge is 0.340 e. The van der Waals surface area contributed by atoms with E-state index in [-0.39, 0.29) is 11.7 Å². The summed E-state index contributed by atoms with van der Waals surface area (Å²) in [6, 6.07) is 7.88. The van der Waals surface area contributed by atoms with Crippen LogP contribution in [-0.2, 0) is 22.6 Å². The van der Waals surface area contributed by atoms with Crippen molar-refractivity contribution in [3.63, 3.8) is 0 Å². The van der Waals surface area contributed by atoms with Crippen molar-refractivity contribution in [3.8, 4) is 0 Å². The monoisotopic (exact) mass is 285 g/mol. The fraction of sp³-hybridized carbons (Fsp3) is 0.438. The summed E-state index contributed by atoms with van der Waals surface area (Å²) in [6.45, 7) is 3.44. The standard InChI is InChI=1S/C16H19N3O2/c1-2-15-17-13-5-3-4-6-14(13)19(15)11-16(21)18-9-7-12(20)8-10-18/h3-6H,2,7-11H2,1H3. The van der Waals surface area contributed by atoms with E-state index >= 15 is 0 Å². The molecule has 1 aliphatic rings. The number of carbonyl (C=O) groups is 2. The topological polar surface area (TPSA) is 55.2 Å². The molecule has 110 valence electrons. The number of nitrogens with zero attached hydrogens (tertiary/aromatic N) is 3. The minimum atomic E-state index is 0.0698. The van der Waals surface area contributed by atoms with Crippen molar-refractivity contribution in [3.05, 3.63) is 30.1 Å². The maximum atomic E-state index is 12.4. The quantitative estimate of drug-likeness (QED) is 0.864. The molecular formula is C16H19N3O2. The van der Waals surface area contributed by atoms with Gasteiger partial charge in [0, 0.05) is 32.4 Å². The van der Waals surface area contributed by atoms with Gasteiger partial charge in [0.2, 0.25) is 5.91 Å². The summed E-state index contributed by atoms with van der Waals surface area (Å²) in [7, 11) is 0. The molecule has 0 atom stereocenters. The van der Waals surface area contributed by atoms with Crippen LogP contribution in [0.3, 0.4) is 0 Å². The molecule has 5 nitrogen and oxygen atoms in total. The molecule has 1 saturated heterocycles. The lowest BCUT2D eigenvalue weighted by molar-refractivity contribution is -0.135. The van der Waals surface area contributed by atoms with Gasteiger partial charge in [-0.1, -0.05) is 19.1 Å². The molecule has 0 unspecified atom stereocenters. The normalized spacial score (nSPS) is 15.7. The second-order valence-electron chi connectivity index (χ2n) is 5.38. The number of aromatic nitrogens is 2. The number of aryl methyl sites for hydroxylation is 1. The van der Waals surface area contributed by atoms with Gasteiger partial charge in [-0.15, -0.1) is 0 Å². The fourth-order valence-electron chi connectivity index (χ4n) is 2.81. The van der Waals surface area contributed by atoms with E-state index in [1.54, 1.807) is 4.90 Å². The lowest BCUT2D eigenvalue weighted by Crippen LogP contribution is -2.40. The number of likely N-dealkylation sites (tertiary alicyclic amines) is 1. The number of amides is 1. The summed E-state index contributed by atoms with van der Waals surface area (Å²) in [4.78, 5) is 30.1. The third-order valence-corrected chi connectivity index (χ3v) is 4.02. The minimum absolute atomic E-state index is 0.0698. The molecule has 0 aliphatic carbocycles. The molecule has 1 fully saturated rings. The maximum absolute atomic E-state index is 12.4. The summed E-state index contributed by atoms with van der Waals surface area (Å²) in [6.07, 6.45) is 1.76. The molecule has 1 aliphatic heterocycles. The molecule has 2 aromatic rings. The van der Waals surface area contributed by atoms with Crippen LogP contribution in [-0.4, -0.2) is 39.2 Å². The number of rotatable bonds is 3. The van der Waals surface area contributed by atoms with E-state index in [1.807, 2.05) is 35.8 Å². The number of fused-ring (bicyclic) bond motifs is 1. The van der Waals surface area contributed by atoms with Crippen molar-refractivity contribution in [2.45, 2.75) is 32.7 Å². The Kier molecular flexibility index (Phi) is 3.73. The Labute approximate surface area is 123 Å². The Morgan fingerprint density at radius 1 is 1.24 bits per heavy atom. The molecule has 0 saturated carbocycles. The number of ketones is 1. The number of carbonyl (C=O) groups excluding carboxylic acids is 2. The summed E-state index contributed by atoms with van der Waals surface area (Å²) in [5.41, 5.74) is 1.92. The average molecular weight is 285 g/mol. The number of benzene rings is 1. The third-order valence-electron chi connectivity index (χ3n) is 4.02. The number of hydrogen-bond donors (Lipinski definition) is 0. The SMILES string of the molecule is CCc1nc2ccccc2n1CC(=O)N1CCC(=O)CC1. The van der Waals surface area contributed by atoms with Gasteiger partial charge in [-0.2, -0.15) is 0 Å². The van der Waals surface area contributed by atoms with Gasteiger partial charge in [-0.3, -0.25) is 9.59 Å². The van der Waals surface area contributed by atoms with Crippen LogP contribution in [0, 0.1) is 0 Å². The van der Waals surface area contributed by atoms with Crippen LogP contribution in [0.4, 0.5) is 0 Å². The average Bonchev–Trinajstić information content (AvgIpc) is 2.86. The Bertz CT molecular complexity index is 680. The molecule has 1 amide bonds. The van der Waals surface area contributed by atoms with Crippen LogP contribution in [0.2, 0.25) is 0 Å². The van der Waals surface area contributed by atoms with E-state index < -0.39 is 0 Å². The van der Waals surface area contributed by atoms with Gasteiger partial charge in [0.15, 0.2) is 0 Å². The van der Waals surface area contributed by atoms with Crippen LogP contribution in [0.5, 0.6) is 0 Å². The zero-order chi connectivity index (χ0) is 14.8. The van der Waals surface area contributed by atoms with Gasteiger partial charge in [0.05, 0.1) is 11.0 Å². The van der Waals surface area contributed by atoms with E-state index in [2.05, 4.69) is 4.98 Å². The molecule has 1 aromatic carbocycles. The summed E-state index contributed by atoms with van der Waals surface area (Å²) >= 11 is 0. The Balaban J connectivity index is 1.84. The van der Waals surface area contributed by atoms with Gasteiger partial charge in [0.1, 0.15) is 18.2 Å². The van der Waals surface area contributed by atoms with Crippen molar-refractivity contribution >= 4 is 22.7 Å². The van der Waals surface area contributed by atoms with Crippen LogP contribution in [0.15, 0.2) is 24.3 Å². The molecular weight excluding hydrogens is 266 g/mol. The minimum Gasteiger partial charge on any atom is -0.340 e. The molecule has 3 rings (SSSR count). The van der Waals surface area contributed by atoms with Crippen LogP contribution < -0.4 is 0 Å². The summed E-state index contributed by atoms with van der Waals surface area (Å²) < 4.78 is 1.99. The van der Waals surface area contributed by atoms with Crippen LogP contribution in [0.25, 0.3) is 11.0 Å². The highest BCUT2D eigenvalue weighted by molar-refractivity contribution is 5.84. The van der Waals surface area contributed by atoms with Gasteiger partial charge < -0.3 is 9.47 Å². The van der Waals surface area contributed by atoms with E-state index in [1.165, 1.54) is 0 Å². The van der Waals surface area contributed by atoms with Crippen LogP contribution in [0.1, 0.15) is 25.6 Å². The number of imidazole rings is 1. The molecule has 0 spiro atoms. The summed E-state index contributed by atoms with van der Waals surface area (Å²) in [5.74, 6) is 1.25. The van der Waals surface area contributed by atoms with Gasteiger partial charge in [-0.25, -0.2) is 4.98 Å². The lowest BCUT2D eigenvalue weighted by Gasteiger charge is -2.26. The van der Waals surface area contributed by atoms with Gasteiger partial charge >= 0.3 is 0 Å². The number of piperidine rings is 1. The van der Waals surface area contributed by atoms with E-state index in [4.69, 9.17) is 0 Å². The smallest absolute Gasteiger partial charge is 0.242 e. The lowest BCUT2D eigenvalue weighted by atomic mass is 10.1. The van der Waals surface area contributed by atoms with Crippen molar-refractivity contribution in [1.29, 1.82) is 0 Å². The first-order valence-electron chi connectivity index (χ1n) is 7.42. The van der Waals surface area contributed by atoms with Gasteiger partial charge in [0.25, 0.3) is 0 Å². The van der Waals surface area contributed by atoms with Crippen molar-refractivity contribution in [2.24, 2.45) is 0 Å². The Hall–Kier alpha value is -2.17. The molecule has 21 heavy (non-hydrogen) atoms. The van der Waals surface area contributed by atoms with Crippen molar-refractivity contribution in [1.82, 2.24) is 14.5 Å². The molecule has 0 bridgehead atoms.